The molecule has 3 aromatic rings. The van der Waals surface area contributed by atoms with E-state index in [0.717, 1.165) is 0 Å². The zero-order valence-corrected chi connectivity index (χ0v) is 16.0. The molecule has 1 aromatic carbocycles. The molecular formula is C21H17N3O5. The van der Waals surface area contributed by atoms with Crippen LogP contribution in [0.1, 0.15) is 21.6 Å². The molecule has 8 heteroatoms. The summed E-state index contributed by atoms with van der Waals surface area (Å²) >= 11 is 0. The standard InChI is InChI=1S/C21H17N3O5/c1-12-8-15(16(11-22)20(25)24-12)13-4-5-17(18(9-13)27-2)29-19-10-14(6-7-23-19)21(26)28-3/h4-10H,1-3H3,(H,24,25). The fraction of sp³-hybridized carbons (Fsp3) is 0.143. The molecule has 8 nitrogen and oxygen atoms in total. The van der Waals surface area contributed by atoms with Gasteiger partial charge in [0.2, 0.25) is 5.88 Å². The third-order valence-electron chi connectivity index (χ3n) is 4.12. The normalized spacial score (nSPS) is 10.1. The fourth-order valence-electron chi connectivity index (χ4n) is 2.77. The summed E-state index contributed by atoms with van der Waals surface area (Å²) in [5, 5.41) is 9.35. The van der Waals surface area contributed by atoms with Crippen molar-refractivity contribution in [2.24, 2.45) is 0 Å². The SMILES string of the molecule is COC(=O)c1ccnc(Oc2ccc(-c3cc(C)[nH]c(=O)c3C#N)cc2OC)c1. The summed E-state index contributed by atoms with van der Waals surface area (Å²) in [6, 6.07) is 11.6. The molecule has 0 amide bonds. The van der Waals surface area contributed by atoms with Gasteiger partial charge in [-0.1, -0.05) is 6.07 Å². The molecule has 0 aliphatic rings. The summed E-state index contributed by atoms with van der Waals surface area (Å²) in [7, 11) is 2.76. The van der Waals surface area contributed by atoms with Gasteiger partial charge in [-0.15, -0.1) is 0 Å². The van der Waals surface area contributed by atoms with Crippen LogP contribution in [0, 0.1) is 18.3 Å². The lowest BCUT2D eigenvalue weighted by atomic mass is 10.0. The second-order valence-corrected chi connectivity index (χ2v) is 6.02. The molecule has 0 saturated carbocycles. The van der Waals surface area contributed by atoms with Gasteiger partial charge < -0.3 is 19.2 Å². The van der Waals surface area contributed by atoms with Gasteiger partial charge in [0.15, 0.2) is 11.5 Å². The smallest absolute Gasteiger partial charge is 0.338 e. The third-order valence-corrected chi connectivity index (χ3v) is 4.12. The fourth-order valence-corrected chi connectivity index (χ4v) is 2.77. The van der Waals surface area contributed by atoms with Crippen molar-refractivity contribution < 1.29 is 19.0 Å². The number of rotatable bonds is 5. The molecule has 0 spiro atoms. The van der Waals surface area contributed by atoms with E-state index in [1.165, 1.54) is 32.5 Å². The number of nitrogens with one attached hydrogen (secondary N) is 1. The number of aromatic amines is 1. The van der Waals surface area contributed by atoms with Crippen molar-refractivity contribution in [2.75, 3.05) is 14.2 Å². The van der Waals surface area contributed by atoms with Crippen molar-refractivity contribution >= 4 is 5.97 Å². The van der Waals surface area contributed by atoms with Gasteiger partial charge in [-0.25, -0.2) is 9.78 Å². The number of esters is 1. The van der Waals surface area contributed by atoms with E-state index in [-0.39, 0.29) is 11.4 Å². The largest absolute Gasteiger partial charge is 0.493 e. The van der Waals surface area contributed by atoms with Crippen LogP contribution in [0.3, 0.4) is 0 Å². The zero-order valence-electron chi connectivity index (χ0n) is 16.0. The second-order valence-electron chi connectivity index (χ2n) is 6.02. The summed E-state index contributed by atoms with van der Waals surface area (Å²) in [5.74, 6) is 0.400. The number of H-pyrrole nitrogens is 1. The molecule has 29 heavy (non-hydrogen) atoms. The Morgan fingerprint density at radius 3 is 2.62 bits per heavy atom. The highest BCUT2D eigenvalue weighted by Crippen LogP contribution is 2.35. The molecule has 0 aliphatic carbocycles. The van der Waals surface area contributed by atoms with Crippen LogP contribution in [0.4, 0.5) is 0 Å². The lowest BCUT2D eigenvalue weighted by molar-refractivity contribution is 0.0600. The van der Waals surface area contributed by atoms with E-state index in [1.807, 2.05) is 6.07 Å². The first kappa shape index (κ1) is 19.6. The van der Waals surface area contributed by atoms with Crippen molar-refractivity contribution in [2.45, 2.75) is 6.92 Å². The van der Waals surface area contributed by atoms with Crippen LogP contribution >= 0.6 is 0 Å². The third kappa shape index (κ3) is 4.09. The van der Waals surface area contributed by atoms with Crippen LogP contribution in [0.2, 0.25) is 0 Å². The van der Waals surface area contributed by atoms with Crippen molar-refractivity contribution in [3.63, 3.8) is 0 Å². The summed E-state index contributed by atoms with van der Waals surface area (Å²) < 4.78 is 15.8. The molecule has 0 radical (unpaired) electrons. The number of nitrogens with zero attached hydrogens (tertiary/aromatic N) is 2. The number of hydrogen-bond acceptors (Lipinski definition) is 7. The van der Waals surface area contributed by atoms with E-state index in [4.69, 9.17) is 14.2 Å². The van der Waals surface area contributed by atoms with Crippen LogP contribution in [0.5, 0.6) is 17.4 Å². The predicted octanol–water partition coefficient (Wildman–Crippen LogP) is 3.20. The molecule has 146 valence electrons. The lowest BCUT2D eigenvalue weighted by Gasteiger charge is -2.12. The minimum Gasteiger partial charge on any atom is -0.493 e. The lowest BCUT2D eigenvalue weighted by Crippen LogP contribution is -2.12. The highest BCUT2D eigenvalue weighted by molar-refractivity contribution is 5.89. The van der Waals surface area contributed by atoms with E-state index in [0.29, 0.717) is 33.9 Å². The van der Waals surface area contributed by atoms with E-state index in [2.05, 4.69) is 9.97 Å². The first-order chi connectivity index (χ1) is 14.0. The topological polar surface area (TPSA) is 114 Å². The van der Waals surface area contributed by atoms with Crippen LogP contribution in [-0.4, -0.2) is 30.2 Å². The minimum absolute atomic E-state index is 0.0127. The van der Waals surface area contributed by atoms with E-state index < -0.39 is 11.5 Å². The van der Waals surface area contributed by atoms with Gasteiger partial charge in [0.1, 0.15) is 11.6 Å². The van der Waals surface area contributed by atoms with Crippen molar-refractivity contribution in [3.8, 4) is 34.6 Å². The molecule has 0 saturated heterocycles. The Balaban J connectivity index is 2.00. The Hall–Kier alpha value is -4.12. The summed E-state index contributed by atoms with van der Waals surface area (Å²) in [4.78, 5) is 30.4. The summed E-state index contributed by atoms with van der Waals surface area (Å²) in [5.41, 5.74) is 1.60. The molecule has 1 N–H and O–H groups in total. The molecule has 0 fully saturated rings. The number of aromatic nitrogens is 2. The molecule has 2 aromatic heterocycles. The number of methoxy groups -OCH3 is 2. The van der Waals surface area contributed by atoms with Gasteiger partial charge in [-0.3, -0.25) is 4.79 Å². The number of aryl methyl sites for hydroxylation is 1. The van der Waals surface area contributed by atoms with Gasteiger partial charge in [0.05, 0.1) is 19.8 Å². The van der Waals surface area contributed by atoms with Crippen LogP contribution in [0.15, 0.2) is 47.4 Å². The average molecular weight is 391 g/mol. The zero-order chi connectivity index (χ0) is 21.0. The van der Waals surface area contributed by atoms with E-state index in [1.54, 1.807) is 31.2 Å². The number of hydrogen-bond donors (Lipinski definition) is 1. The molecule has 0 unspecified atom stereocenters. The average Bonchev–Trinajstić information content (AvgIpc) is 2.73. The van der Waals surface area contributed by atoms with Crippen molar-refractivity contribution in [1.29, 1.82) is 5.26 Å². The van der Waals surface area contributed by atoms with E-state index >= 15 is 0 Å². The quantitative estimate of drug-likeness (QED) is 0.664. The van der Waals surface area contributed by atoms with Crippen molar-refractivity contribution in [1.82, 2.24) is 9.97 Å². The Bertz CT molecular complexity index is 1180. The molecule has 0 atom stereocenters. The number of pyridine rings is 2. The van der Waals surface area contributed by atoms with Gasteiger partial charge in [-0.2, -0.15) is 5.26 Å². The Labute approximate surface area is 166 Å². The predicted molar refractivity (Wildman–Crippen MR) is 104 cm³/mol. The summed E-state index contributed by atoms with van der Waals surface area (Å²) in [6.07, 6.45) is 1.43. The van der Waals surface area contributed by atoms with Gasteiger partial charge in [0, 0.05) is 23.5 Å². The highest BCUT2D eigenvalue weighted by Gasteiger charge is 2.15. The Kier molecular flexibility index (Phi) is 5.60. The van der Waals surface area contributed by atoms with Gasteiger partial charge >= 0.3 is 5.97 Å². The molecular weight excluding hydrogens is 374 g/mol. The number of ether oxygens (including phenoxy) is 3. The molecule has 2 heterocycles. The second kappa shape index (κ2) is 8.27. The number of benzene rings is 1. The van der Waals surface area contributed by atoms with Gasteiger partial charge in [-0.05, 0) is 36.8 Å². The number of nitriles is 1. The van der Waals surface area contributed by atoms with Crippen LogP contribution in [-0.2, 0) is 4.74 Å². The maximum absolute atomic E-state index is 12.1. The monoisotopic (exact) mass is 391 g/mol. The number of carbonyl (C=O) groups excluding carboxylic acids is 1. The van der Waals surface area contributed by atoms with Crippen molar-refractivity contribution in [3.05, 3.63) is 69.8 Å². The van der Waals surface area contributed by atoms with Gasteiger partial charge in [0.25, 0.3) is 5.56 Å². The van der Waals surface area contributed by atoms with E-state index in [9.17, 15) is 14.9 Å². The number of carbonyl (C=O) groups is 1. The Morgan fingerprint density at radius 1 is 1.14 bits per heavy atom. The highest BCUT2D eigenvalue weighted by atomic mass is 16.5. The summed E-state index contributed by atoms with van der Waals surface area (Å²) in [6.45, 7) is 1.74. The molecule has 3 rings (SSSR count). The first-order valence-electron chi connectivity index (χ1n) is 8.51. The molecule has 0 bridgehead atoms. The minimum atomic E-state index is -0.506. The van der Waals surface area contributed by atoms with Crippen LogP contribution in [0.25, 0.3) is 11.1 Å². The maximum Gasteiger partial charge on any atom is 0.338 e. The maximum atomic E-state index is 12.1. The van der Waals surface area contributed by atoms with Crippen LogP contribution < -0.4 is 15.0 Å². The Morgan fingerprint density at radius 2 is 1.93 bits per heavy atom. The molecule has 0 aliphatic heterocycles. The first-order valence-corrected chi connectivity index (χ1v) is 8.51.